The summed E-state index contributed by atoms with van der Waals surface area (Å²) in [5.74, 6) is 0.488. The van der Waals surface area contributed by atoms with Crippen LogP contribution in [0.5, 0.6) is 5.75 Å². The summed E-state index contributed by atoms with van der Waals surface area (Å²) in [6.45, 7) is 0.333. The molecule has 0 aliphatic rings. The molecule has 0 fully saturated rings. The Morgan fingerprint density at radius 1 is 1.30 bits per heavy atom. The van der Waals surface area contributed by atoms with Crippen molar-refractivity contribution in [3.05, 3.63) is 58.6 Å². The molecule has 2 aromatic rings. The van der Waals surface area contributed by atoms with E-state index in [0.29, 0.717) is 28.6 Å². The van der Waals surface area contributed by atoms with E-state index < -0.39 is 0 Å². The van der Waals surface area contributed by atoms with Crippen LogP contribution in [0, 0.1) is 0 Å². The zero-order valence-corrected chi connectivity index (χ0v) is 11.8. The first-order valence-corrected chi connectivity index (χ1v) is 6.44. The van der Waals surface area contributed by atoms with Crippen molar-refractivity contribution in [2.45, 2.75) is 6.54 Å². The third-order valence-electron chi connectivity index (χ3n) is 2.83. The molecule has 0 aromatic heterocycles. The van der Waals surface area contributed by atoms with Crippen molar-refractivity contribution in [1.29, 1.82) is 0 Å². The first-order valence-electron chi connectivity index (χ1n) is 6.06. The largest absolute Gasteiger partial charge is 0.496 e. The van der Waals surface area contributed by atoms with E-state index in [2.05, 4.69) is 5.32 Å². The van der Waals surface area contributed by atoms with Crippen LogP contribution in [0.4, 0.5) is 5.69 Å². The number of ether oxygens (including phenoxy) is 1. The fourth-order valence-electron chi connectivity index (χ4n) is 1.84. The number of rotatable bonds is 4. The monoisotopic (exact) mass is 290 g/mol. The number of amides is 1. The van der Waals surface area contributed by atoms with Gasteiger partial charge < -0.3 is 15.8 Å². The van der Waals surface area contributed by atoms with Crippen molar-refractivity contribution >= 4 is 23.2 Å². The Kier molecular flexibility index (Phi) is 4.48. The number of anilines is 1. The number of carbonyl (C=O) groups is 1. The molecule has 0 radical (unpaired) electrons. The molecule has 20 heavy (non-hydrogen) atoms. The third-order valence-corrected chi connectivity index (χ3v) is 3.07. The Bertz CT molecular complexity index is 629. The molecule has 0 bridgehead atoms. The Morgan fingerprint density at radius 3 is 2.80 bits per heavy atom. The lowest BCUT2D eigenvalue weighted by atomic mass is 10.1. The number of carbonyl (C=O) groups excluding carboxylic acids is 1. The second-order valence-corrected chi connectivity index (χ2v) is 4.70. The smallest absolute Gasteiger partial charge is 0.251 e. The number of nitrogens with one attached hydrogen (secondary N) is 1. The molecule has 0 heterocycles. The van der Waals surface area contributed by atoms with Gasteiger partial charge in [-0.25, -0.2) is 0 Å². The average molecular weight is 291 g/mol. The van der Waals surface area contributed by atoms with Gasteiger partial charge in [0.2, 0.25) is 0 Å². The lowest BCUT2D eigenvalue weighted by Crippen LogP contribution is -2.23. The van der Waals surface area contributed by atoms with E-state index in [1.54, 1.807) is 49.6 Å². The van der Waals surface area contributed by atoms with E-state index in [9.17, 15) is 4.79 Å². The van der Waals surface area contributed by atoms with Gasteiger partial charge in [-0.3, -0.25) is 4.79 Å². The number of methoxy groups -OCH3 is 1. The molecule has 1 amide bonds. The molecule has 0 aliphatic carbocycles. The van der Waals surface area contributed by atoms with Crippen LogP contribution in [0.1, 0.15) is 15.9 Å². The topological polar surface area (TPSA) is 64.3 Å². The number of halogens is 1. The SMILES string of the molecule is COc1ccc(N)cc1CNC(=O)c1cccc(Cl)c1. The first-order chi connectivity index (χ1) is 9.60. The predicted octanol–water partition coefficient (Wildman–Crippen LogP) is 2.86. The van der Waals surface area contributed by atoms with Gasteiger partial charge in [-0.05, 0) is 36.4 Å². The van der Waals surface area contributed by atoms with Crippen molar-refractivity contribution in [2.24, 2.45) is 0 Å². The summed E-state index contributed by atoms with van der Waals surface area (Å²) in [6, 6.07) is 12.1. The Morgan fingerprint density at radius 2 is 2.10 bits per heavy atom. The molecule has 2 rings (SSSR count). The van der Waals surface area contributed by atoms with Crippen LogP contribution in [0.2, 0.25) is 5.02 Å². The van der Waals surface area contributed by atoms with Gasteiger partial charge in [0.15, 0.2) is 0 Å². The molecule has 5 heteroatoms. The highest BCUT2D eigenvalue weighted by molar-refractivity contribution is 6.30. The van der Waals surface area contributed by atoms with Crippen LogP contribution in [0.15, 0.2) is 42.5 Å². The van der Waals surface area contributed by atoms with Crippen LogP contribution in [-0.4, -0.2) is 13.0 Å². The summed E-state index contributed by atoms with van der Waals surface area (Å²) >= 11 is 5.86. The predicted molar refractivity (Wildman–Crippen MR) is 80.0 cm³/mol. The van der Waals surface area contributed by atoms with Gasteiger partial charge in [-0.1, -0.05) is 17.7 Å². The molecule has 0 saturated heterocycles. The molecule has 0 aliphatic heterocycles. The minimum absolute atomic E-state index is 0.197. The molecule has 3 N–H and O–H groups in total. The van der Waals surface area contributed by atoms with Gasteiger partial charge in [0.05, 0.1) is 7.11 Å². The summed E-state index contributed by atoms with van der Waals surface area (Å²) in [7, 11) is 1.58. The van der Waals surface area contributed by atoms with Crippen LogP contribution in [0.3, 0.4) is 0 Å². The maximum Gasteiger partial charge on any atom is 0.251 e. The van der Waals surface area contributed by atoms with E-state index in [1.165, 1.54) is 0 Å². The van der Waals surface area contributed by atoms with Gasteiger partial charge in [0.25, 0.3) is 5.91 Å². The second-order valence-electron chi connectivity index (χ2n) is 4.26. The molecular formula is C15H15ClN2O2. The van der Waals surface area contributed by atoms with Crippen molar-refractivity contribution in [2.75, 3.05) is 12.8 Å². The zero-order valence-electron chi connectivity index (χ0n) is 11.0. The van der Waals surface area contributed by atoms with E-state index in [-0.39, 0.29) is 5.91 Å². The second kappa shape index (κ2) is 6.30. The average Bonchev–Trinajstić information content (AvgIpc) is 2.45. The normalized spacial score (nSPS) is 10.1. The van der Waals surface area contributed by atoms with Gasteiger partial charge >= 0.3 is 0 Å². The van der Waals surface area contributed by atoms with E-state index >= 15 is 0 Å². The van der Waals surface area contributed by atoms with Crippen molar-refractivity contribution in [3.63, 3.8) is 0 Å². The van der Waals surface area contributed by atoms with Crippen LogP contribution < -0.4 is 15.8 Å². The highest BCUT2D eigenvalue weighted by Crippen LogP contribution is 2.21. The number of nitrogens with two attached hydrogens (primary N) is 1. The summed E-state index contributed by atoms with van der Waals surface area (Å²) in [5, 5.41) is 3.34. The lowest BCUT2D eigenvalue weighted by molar-refractivity contribution is 0.0950. The number of nitrogen functional groups attached to an aromatic ring is 1. The number of benzene rings is 2. The highest BCUT2D eigenvalue weighted by Gasteiger charge is 2.08. The van der Waals surface area contributed by atoms with Crippen LogP contribution >= 0.6 is 11.6 Å². The molecule has 104 valence electrons. The quantitative estimate of drug-likeness (QED) is 0.851. The van der Waals surface area contributed by atoms with E-state index in [4.69, 9.17) is 22.1 Å². The number of hydrogen-bond acceptors (Lipinski definition) is 3. The van der Waals surface area contributed by atoms with Gasteiger partial charge in [-0.2, -0.15) is 0 Å². The molecular weight excluding hydrogens is 276 g/mol. The molecule has 0 spiro atoms. The van der Waals surface area contributed by atoms with Crippen LogP contribution in [0.25, 0.3) is 0 Å². The molecule has 0 saturated carbocycles. The maximum atomic E-state index is 12.0. The summed E-state index contributed by atoms with van der Waals surface area (Å²) in [5.41, 5.74) is 7.69. The molecule has 0 atom stereocenters. The van der Waals surface area contributed by atoms with Gasteiger partial charge in [0.1, 0.15) is 5.75 Å². The maximum absolute atomic E-state index is 12.0. The zero-order chi connectivity index (χ0) is 14.5. The minimum Gasteiger partial charge on any atom is -0.496 e. The summed E-state index contributed by atoms with van der Waals surface area (Å²) in [4.78, 5) is 12.0. The summed E-state index contributed by atoms with van der Waals surface area (Å²) in [6.07, 6.45) is 0. The molecule has 4 nitrogen and oxygen atoms in total. The first kappa shape index (κ1) is 14.2. The Labute approximate surface area is 122 Å². The fraction of sp³-hybridized carbons (Fsp3) is 0.133. The number of hydrogen-bond donors (Lipinski definition) is 2. The minimum atomic E-state index is -0.197. The third kappa shape index (κ3) is 3.42. The highest BCUT2D eigenvalue weighted by atomic mass is 35.5. The molecule has 2 aromatic carbocycles. The fourth-order valence-corrected chi connectivity index (χ4v) is 2.03. The lowest BCUT2D eigenvalue weighted by Gasteiger charge is -2.10. The standard InChI is InChI=1S/C15H15ClN2O2/c1-20-14-6-5-13(17)8-11(14)9-18-15(19)10-3-2-4-12(16)7-10/h2-8H,9,17H2,1H3,(H,18,19). The van der Waals surface area contributed by atoms with Crippen molar-refractivity contribution in [1.82, 2.24) is 5.32 Å². The van der Waals surface area contributed by atoms with E-state index in [1.807, 2.05) is 0 Å². The molecule has 0 unspecified atom stereocenters. The van der Waals surface area contributed by atoms with Gasteiger partial charge in [-0.15, -0.1) is 0 Å². The Hall–Kier alpha value is -2.20. The van der Waals surface area contributed by atoms with Crippen LogP contribution in [-0.2, 0) is 6.54 Å². The van der Waals surface area contributed by atoms with Crippen molar-refractivity contribution < 1.29 is 9.53 Å². The van der Waals surface area contributed by atoms with Gasteiger partial charge in [0, 0.05) is 28.4 Å². The Balaban J connectivity index is 2.09. The van der Waals surface area contributed by atoms with Crippen molar-refractivity contribution in [3.8, 4) is 5.75 Å². The summed E-state index contributed by atoms with van der Waals surface area (Å²) < 4.78 is 5.23. The van der Waals surface area contributed by atoms with E-state index in [0.717, 1.165) is 5.56 Å².